The largest absolute Gasteiger partial charge is 0.492 e. The third-order valence-corrected chi connectivity index (χ3v) is 3.57. The van der Waals surface area contributed by atoms with Crippen LogP contribution >= 0.6 is 0 Å². The second-order valence-corrected chi connectivity index (χ2v) is 5.09. The molecule has 0 fully saturated rings. The summed E-state index contributed by atoms with van der Waals surface area (Å²) in [6, 6.07) is 12.0. The van der Waals surface area contributed by atoms with E-state index in [1.807, 2.05) is 30.3 Å². The lowest BCUT2D eigenvalue weighted by atomic mass is 10.1. The molecule has 2 heterocycles. The van der Waals surface area contributed by atoms with Crippen LogP contribution in [0, 0.1) is 5.41 Å². The Bertz CT molecular complexity index is 656. The number of rotatable bonds is 3. The minimum Gasteiger partial charge on any atom is -0.492 e. The molecule has 21 heavy (non-hydrogen) atoms. The van der Waals surface area contributed by atoms with E-state index in [-0.39, 0.29) is 5.84 Å². The summed E-state index contributed by atoms with van der Waals surface area (Å²) in [4.78, 5) is 6.49. The van der Waals surface area contributed by atoms with E-state index in [2.05, 4.69) is 16.0 Å². The SMILES string of the molecule is N=C(N)c1ncccc1CN1CCOc2ccccc2C1. The first-order valence-corrected chi connectivity index (χ1v) is 6.95. The number of nitrogens with one attached hydrogen (secondary N) is 1. The van der Waals surface area contributed by atoms with Crippen molar-refractivity contribution in [3.8, 4) is 5.75 Å². The van der Waals surface area contributed by atoms with Crippen molar-refractivity contribution in [1.82, 2.24) is 9.88 Å². The van der Waals surface area contributed by atoms with Crippen LogP contribution in [-0.2, 0) is 13.1 Å². The number of para-hydroxylation sites is 1. The van der Waals surface area contributed by atoms with E-state index in [1.165, 1.54) is 5.56 Å². The van der Waals surface area contributed by atoms with Crippen LogP contribution in [0.4, 0.5) is 0 Å². The first kappa shape index (κ1) is 13.6. The fraction of sp³-hybridized carbons (Fsp3) is 0.250. The highest BCUT2D eigenvalue weighted by atomic mass is 16.5. The molecule has 108 valence electrons. The zero-order valence-electron chi connectivity index (χ0n) is 11.7. The van der Waals surface area contributed by atoms with Gasteiger partial charge in [-0.25, -0.2) is 0 Å². The summed E-state index contributed by atoms with van der Waals surface area (Å²) in [7, 11) is 0. The van der Waals surface area contributed by atoms with Crippen molar-refractivity contribution >= 4 is 5.84 Å². The molecule has 1 aromatic carbocycles. The van der Waals surface area contributed by atoms with Crippen LogP contribution in [0.3, 0.4) is 0 Å². The molecule has 0 amide bonds. The molecule has 1 aromatic heterocycles. The fourth-order valence-corrected chi connectivity index (χ4v) is 2.56. The number of pyridine rings is 1. The lowest BCUT2D eigenvalue weighted by Crippen LogP contribution is -2.27. The Morgan fingerprint density at radius 1 is 1.29 bits per heavy atom. The van der Waals surface area contributed by atoms with E-state index in [0.29, 0.717) is 18.8 Å². The van der Waals surface area contributed by atoms with E-state index in [0.717, 1.165) is 24.4 Å². The molecule has 1 aliphatic rings. The minimum atomic E-state index is 0.0112. The standard InChI is InChI=1S/C16H18N4O/c17-16(18)15-13(5-3-7-19-15)11-20-8-9-21-14-6-2-1-4-12(14)10-20/h1-7H,8-11H2,(H3,17,18). The number of ether oxygens (including phenoxy) is 1. The first-order valence-electron chi connectivity index (χ1n) is 6.95. The van der Waals surface area contributed by atoms with Gasteiger partial charge < -0.3 is 10.5 Å². The number of fused-ring (bicyclic) bond motifs is 1. The van der Waals surface area contributed by atoms with Crippen LogP contribution in [0.1, 0.15) is 16.8 Å². The number of amidine groups is 1. The number of hydrogen-bond acceptors (Lipinski definition) is 4. The van der Waals surface area contributed by atoms with Gasteiger partial charge in [0.1, 0.15) is 23.9 Å². The Labute approximate surface area is 123 Å². The second-order valence-electron chi connectivity index (χ2n) is 5.09. The quantitative estimate of drug-likeness (QED) is 0.664. The Kier molecular flexibility index (Phi) is 3.83. The van der Waals surface area contributed by atoms with E-state index in [9.17, 15) is 0 Å². The maximum Gasteiger partial charge on any atom is 0.142 e. The van der Waals surface area contributed by atoms with Crippen LogP contribution in [-0.4, -0.2) is 28.9 Å². The molecular weight excluding hydrogens is 264 g/mol. The molecule has 0 unspecified atom stereocenters. The molecular formula is C16H18N4O. The van der Waals surface area contributed by atoms with Gasteiger partial charge >= 0.3 is 0 Å². The molecule has 1 aliphatic heterocycles. The Balaban J connectivity index is 1.81. The molecule has 2 aromatic rings. The van der Waals surface area contributed by atoms with Crippen LogP contribution in [0.2, 0.25) is 0 Å². The molecule has 0 spiro atoms. The molecule has 5 nitrogen and oxygen atoms in total. The summed E-state index contributed by atoms with van der Waals surface area (Å²) in [6.45, 7) is 3.02. The smallest absolute Gasteiger partial charge is 0.142 e. The van der Waals surface area contributed by atoms with Gasteiger partial charge in [-0.1, -0.05) is 24.3 Å². The van der Waals surface area contributed by atoms with Gasteiger partial charge in [0.15, 0.2) is 0 Å². The predicted octanol–water partition coefficient (Wildman–Crippen LogP) is 1.76. The van der Waals surface area contributed by atoms with E-state index in [4.69, 9.17) is 15.9 Å². The number of aromatic nitrogens is 1. The van der Waals surface area contributed by atoms with Crippen LogP contribution < -0.4 is 10.5 Å². The number of hydrogen-bond donors (Lipinski definition) is 2. The molecule has 5 heteroatoms. The fourth-order valence-electron chi connectivity index (χ4n) is 2.56. The highest BCUT2D eigenvalue weighted by molar-refractivity contribution is 5.94. The summed E-state index contributed by atoms with van der Waals surface area (Å²) in [5, 5.41) is 7.63. The summed E-state index contributed by atoms with van der Waals surface area (Å²) < 4.78 is 5.77. The number of nitrogen functional groups attached to an aromatic ring is 1. The predicted molar refractivity (Wildman–Crippen MR) is 81.3 cm³/mol. The van der Waals surface area contributed by atoms with Crippen molar-refractivity contribution < 1.29 is 4.74 Å². The van der Waals surface area contributed by atoms with Gasteiger partial charge in [-0.2, -0.15) is 0 Å². The molecule has 3 rings (SSSR count). The van der Waals surface area contributed by atoms with Gasteiger partial charge in [-0.15, -0.1) is 0 Å². The van der Waals surface area contributed by atoms with E-state index < -0.39 is 0 Å². The summed E-state index contributed by atoms with van der Waals surface area (Å²) in [6.07, 6.45) is 1.67. The summed E-state index contributed by atoms with van der Waals surface area (Å²) in [5.41, 5.74) is 8.33. The molecule has 0 aliphatic carbocycles. The second kappa shape index (κ2) is 5.93. The van der Waals surface area contributed by atoms with Gasteiger partial charge in [0.25, 0.3) is 0 Å². The highest BCUT2D eigenvalue weighted by Crippen LogP contribution is 2.23. The number of benzene rings is 1. The zero-order valence-corrected chi connectivity index (χ0v) is 11.7. The third kappa shape index (κ3) is 3.03. The van der Waals surface area contributed by atoms with Crippen molar-refractivity contribution in [3.05, 3.63) is 59.4 Å². The van der Waals surface area contributed by atoms with Gasteiger partial charge in [0, 0.05) is 31.4 Å². The molecule has 3 N–H and O–H groups in total. The number of nitrogens with two attached hydrogens (primary N) is 1. The molecule has 0 bridgehead atoms. The Morgan fingerprint density at radius 2 is 2.14 bits per heavy atom. The minimum absolute atomic E-state index is 0.0112. The van der Waals surface area contributed by atoms with Crippen molar-refractivity contribution in [3.63, 3.8) is 0 Å². The summed E-state index contributed by atoms with van der Waals surface area (Å²) in [5.74, 6) is 0.968. The van der Waals surface area contributed by atoms with Crippen molar-refractivity contribution in [2.24, 2.45) is 5.73 Å². The lowest BCUT2D eigenvalue weighted by molar-refractivity contribution is 0.219. The van der Waals surface area contributed by atoms with Crippen LogP contribution in [0.25, 0.3) is 0 Å². The average molecular weight is 282 g/mol. The lowest BCUT2D eigenvalue weighted by Gasteiger charge is -2.20. The van der Waals surface area contributed by atoms with Gasteiger partial charge in [-0.05, 0) is 17.7 Å². The maximum absolute atomic E-state index is 7.63. The Hall–Kier alpha value is -2.40. The Morgan fingerprint density at radius 3 is 3.00 bits per heavy atom. The number of nitrogens with zero attached hydrogens (tertiary/aromatic N) is 2. The van der Waals surface area contributed by atoms with Crippen molar-refractivity contribution in [2.45, 2.75) is 13.1 Å². The first-order chi connectivity index (χ1) is 10.2. The molecule has 0 saturated heterocycles. The monoisotopic (exact) mass is 282 g/mol. The van der Waals surface area contributed by atoms with Crippen LogP contribution in [0.5, 0.6) is 5.75 Å². The van der Waals surface area contributed by atoms with Crippen LogP contribution in [0.15, 0.2) is 42.6 Å². The molecule has 0 radical (unpaired) electrons. The van der Waals surface area contributed by atoms with E-state index >= 15 is 0 Å². The third-order valence-electron chi connectivity index (χ3n) is 3.57. The molecule has 0 saturated carbocycles. The molecule has 0 atom stereocenters. The van der Waals surface area contributed by atoms with E-state index in [1.54, 1.807) is 6.20 Å². The van der Waals surface area contributed by atoms with Gasteiger partial charge in [-0.3, -0.25) is 15.3 Å². The van der Waals surface area contributed by atoms with Gasteiger partial charge in [0.05, 0.1) is 0 Å². The van der Waals surface area contributed by atoms with Crippen molar-refractivity contribution in [1.29, 1.82) is 5.41 Å². The summed E-state index contributed by atoms with van der Waals surface area (Å²) >= 11 is 0. The topological polar surface area (TPSA) is 75.2 Å². The average Bonchev–Trinajstić information content (AvgIpc) is 2.69. The zero-order chi connectivity index (χ0) is 14.7. The maximum atomic E-state index is 7.63. The normalized spacial score (nSPS) is 14.9. The van der Waals surface area contributed by atoms with Crippen molar-refractivity contribution in [2.75, 3.05) is 13.2 Å². The highest BCUT2D eigenvalue weighted by Gasteiger charge is 2.17. The van der Waals surface area contributed by atoms with Gasteiger partial charge in [0.2, 0.25) is 0 Å².